The van der Waals surface area contributed by atoms with Crippen LogP contribution in [0.4, 0.5) is 5.13 Å². The Morgan fingerprint density at radius 1 is 1.08 bits per heavy atom. The molecule has 0 spiro atoms. The van der Waals surface area contributed by atoms with Gasteiger partial charge >= 0.3 is 0 Å². The van der Waals surface area contributed by atoms with Gasteiger partial charge in [-0.2, -0.15) is 4.31 Å². The van der Waals surface area contributed by atoms with Crippen LogP contribution >= 0.6 is 45.9 Å². The number of carbonyl (C=O) groups is 1. The molecule has 12 heteroatoms. The standard InChI is InChI=1S/C24H30Cl2N4O3S3/c1-4-28(5-2)14-15-30(24-27-22-16(3)18(25)6-7-19(22)34-24)23(31)17-10-12-29(13-11-17)36(32,33)21-9-8-20(26)35-21/h6-9,17H,4-5,10-15H2,1-3H3. The summed E-state index contributed by atoms with van der Waals surface area (Å²) in [5.74, 6) is -0.266. The topological polar surface area (TPSA) is 73.8 Å². The number of rotatable bonds is 9. The molecule has 2 aromatic heterocycles. The number of halogens is 2. The Labute approximate surface area is 230 Å². The highest BCUT2D eigenvalue weighted by atomic mass is 35.5. The summed E-state index contributed by atoms with van der Waals surface area (Å²) in [6.07, 6.45) is 0.934. The number of fused-ring (bicyclic) bond motifs is 1. The van der Waals surface area contributed by atoms with Gasteiger partial charge in [-0.1, -0.05) is 48.4 Å². The van der Waals surface area contributed by atoms with Gasteiger partial charge in [-0.05, 0) is 62.7 Å². The summed E-state index contributed by atoms with van der Waals surface area (Å²) in [7, 11) is -3.60. The van der Waals surface area contributed by atoms with Crippen molar-refractivity contribution in [3.05, 3.63) is 39.2 Å². The number of thiophene rings is 1. The molecule has 4 rings (SSSR count). The van der Waals surface area contributed by atoms with Crippen LogP contribution in [-0.2, 0) is 14.8 Å². The number of hydrogen-bond donors (Lipinski definition) is 0. The minimum atomic E-state index is -3.60. The van der Waals surface area contributed by atoms with Gasteiger partial charge in [0.2, 0.25) is 5.91 Å². The molecule has 1 aliphatic rings. The molecule has 3 aromatic rings. The number of anilines is 1. The molecule has 1 saturated heterocycles. The number of likely N-dealkylation sites (N-methyl/N-ethyl adjacent to an activating group) is 1. The van der Waals surface area contributed by atoms with Crippen LogP contribution in [0.1, 0.15) is 32.3 Å². The monoisotopic (exact) mass is 588 g/mol. The van der Waals surface area contributed by atoms with E-state index in [9.17, 15) is 13.2 Å². The minimum Gasteiger partial charge on any atom is -0.302 e. The molecule has 1 aliphatic heterocycles. The van der Waals surface area contributed by atoms with E-state index in [1.54, 1.807) is 11.0 Å². The lowest BCUT2D eigenvalue weighted by molar-refractivity contribution is -0.123. The fourth-order valence-electron chi connectivity index (χ4n) is 4.41. The number of aromatic nitrogens is 1. The maximum Gasteiger partial charge on any atom is 0.252 e. The van der Waals surface area contributed by atoms with Crippen molar-refractivity contribution in [3.8, 4) is 0 Å². The number of nitrogens with zero attached hydrogens (tertiary/aromatic N) is 4. The first-order valence-corrected chi connectivity index (χ1v) is 15.8. The van der Waals surface area contributed by atoms with Gasteiger partial charge in [0.1, 0.15) is 4.21 Å². The molecule has 196 valence electrons. The largest absolute Gasteiger partial charge is 0.302 e. The third-order valence-electron chi connectivity index (χ3n) is 6.71. The summed E-state index contributed by atoms with van der Waals surface area (Å²) in [6.45, 7) is 9.81. The molecule has 0 saturated carbocycles. The third kappa shape index (κ3) is 5.75. The van der Waals surface area contributed by atoms with E-state index in [0.29, 0.717) is 47.0 Å². The number of piperidine rings is 1. The van der Waals surface area contributed by atoms with Crippen molar-refractivity contribution >= 4 is 77.2 Å². The lowest BCUT2D eigenvalue weighted by Gasteiger charge is -2.33. The van der Waals surface area contributed by atoms with Crippen molar-refractivity contribution in [1.29, 1.82) is 0 Å². The van der Waals surface area contributed by atoms with Gasteiger partial charge < -0.3 is 4.90 Å². The summed E-state index contributed by atoms with van der Waals surface area (Å²) >= 11 is 14.8. The molecule has 1 aromatic carbocycles. The number of hydrogen-bond acceptors (Lipinski definition) is 7. The van der Waals surface area contributed by atoms with Crippen molar-refractivity contribution in [2.75, 3.05) is 44.2 Å². The second-order valence-electron chi connectivity index (χ2n) is 8.77. The summed E-state index contributed by atoms with van der Waals surface area (Å²) in [6, 6.07) is 6.94. The van der Waals surface area contributed by atoms with Crippen LogP contribution in [0.15, 0.2) is 28.5 Å². The number of benzene rings is 1. The van der Waals surface area contributed by atoms with Gasteiger partial charge in [0.15, 0.2) is 5.13 Å². The molecular formula is C24H30Cl2N4O3S3. The second-order valence-corrected chi connectivity index (χ2v) is 14.1. The van der Waals surface area contributed by atoms with Gasteiger partial charge in [-0.3, -0.25) is 9.69 Å². The van der Waals surface area contributed by atoms with Crippen LogP contribution < -0.4 is 4.90 Å². The van der Waals surface area contributed by atoms with Gasteiger partial charge in [0, 0.05) is 37.1 Å². The quantitative estimate of drug-likeness (QED) is 0.318. The first-order valence-electron chi connectivity index (χ1n) is 12.0. The van der Waals surface area contributed by atoms with Crippen molar-refractivity contribution in [3.63, 3.8) is 0 Å². The fraction of sp³-hybridized carbons (Fsp3) is 0.500. The van der Waals surface area contributed by atoms with E-state index >= 15 is 0 Å². The van der Waals surface area contributed by atoms with Crippen molar-refractivity contribution in [1.82, 2.24) is 14.2 Å². The van der Waals surface area contributed by atoms with Gasteiger partial charge in [0.05, 0.1) is 14.6 Å². The lowest BCUT2D eigenvalue weighted by Crippen LogP contribution is -2.46. The number of sulfonamides is 1. The zero-order chi connectivity index (χ0) is 26.0. The van der Waals surface area contributed by atoms with E-state index < -0.39 is 10.0 Å². The van der Waals surface area contributed by atoms with Gasteiger partial charge in [0.25, 0.3) is 10.0 Å². The number of amides is 1. The Balaban J connectivity index is 1.54. The molecule has 0 bridgehead atoms. The molecule has 3 heterocycles. The van der Waals surface area contributed by atoms with E-state index in [2.05, 4.69) is 18.7 Å². The van der Waals surface area contributed by atoms with Crippen LogP contribution in [0, 0.1) is 12.8 Å². The van der Waals surface area contributed by atoms with Crippen LogP contribution in [0.5, 0.6) is 0 Å². The van der Waals surface area contributed by atoms with Gasteiger partial charge in [-0.25, -0.2) is 13.4 Å². The van der Waals surface area contributed by atoms with Crippen molar-refractivity contribution < 1.29 is 13.2 Å². The smallest absolute Gasteiger partial charge is 0.252 e. The predicted molar refractivity (Wildman–Crippen MR) is 150 cm³/mol. The summed E-state index contributed by atoms with van der Waals surface area (Å²) in [5.41, 5.74) is 1.72. The summed E-state index contributed by atoms with van der Waals surface area (Å²) < 4.78 is 29.1. The van der Waals surface area contributed by atoms with Crippen molar-refractivity contribution in [2.24, 2.45) is 5.92 Å². The Bertz CT molecular complexity index is 1330. The zero-order valence-corrected chi connectivity index (χ0v) is 24.5. The number of carbonyl (C=O) groups excluding carboxylic acids is 1. The Morgan fingerprint density at radius 3 is 2.39 bits per heavy atom. The SMILES string of the molecule is CCN(CC)CCN(C(=O)C1CCN(S(=O)(=O)c2ccc(Cl)s2)CC1)c1nc2c(C)c(Cl)ccc2s1. The third-order valence-corrected chi connectivity index (χ3v) is 11.8. The number of thiazole rings is 1. The highest BCUT2D eigenvalue weighted by molar-refractivity contribution is 7.91. The van der Waals surface area contributed by atoms with Gasteiger partial charge in [-0.15, -0.1) is 11.3 Å². The van der Waals surface area contributed by atoms with E-state index in [4.69, 9.17) is 28.2 Å². The summed E-state index contributed by atoms with van der Waals surface area (Å²) in [4.78, 5) is 22.7. The first-order chi connectivity index (χ1) is 17.1. The normalized spacial score (nSPS) is 15.7. The first kappa shape index (κ1) is 27.8. The Kier molecular flexibility index (Phi) is 8.97. The minimum absolute atomic E-state index is 0.00109. The molecule has 1 amide bonds. The van der Waals surface area contributed by atoms with E-state index in [1.807, 2.05) is 19.1 Å². The summed E-state index contributed by atoms with van der Waals surface area (Å²) in [5, 5.41) is 1.32. The highest BCUT2D eigenvalue weighted by Gasteiger charge is 2.35. The molecule has 36 heavy (non-hydrogen) atoms. The average molecular weight is 590 g/mol. The molecular weight excluding hydrogens is 559 g/mol. The van der Waals surface area contributed by atoms with Crippen LogP contribution in [0.3, 0.4) is 0 Å². The molecule has 0 aliphatic carbocycles. The van der Waals surface area contributed by atoms with Crippen LogP contribution in [0.2, 0.25) is 9.36 Å². The zero-order valence-electron chi connectivity index (χ0n) is 20.5. The van der Waals surface area contributed by atoms with Crippen molar-refractivity contribution in [2.45, 2.75) is 37.8 Å². The van der Waals surface area contributed by atoms with Crippen LogP contribution in [0.25, 0.3) is 10.2 Å². The van der Waals surface area contributed by atoms with E-state index in [0.717, 1.165) is 46.8 Å². The maximum atomic E-state index is 13.8. The highest BCUT2D eigenvalue weighted by Crippen LogP contribution is 2.36. The molecule has 0 unspecified atom stereocenters. The second kappa shape index (κ2) is 11.6. The number of aryl methyl sites for hydroxylation is 1. The maximum absolute atomic E-state index is 13.8. The fourth-order valence-corrected chi connectivity index (χ4v) is 8.73. The van der Waals surface area contributed by atoms with Crippen LogP contribution in [-0.4, -0.2) is 67.8 Å². The molecule has 0 atom stereocenters. The predicted octanol–water partition coefficient (Wildman–Crippen LogP) is 5.75. The average Bonchev–Trinajstić information content (AvgIpc) is 3.51. The van der Waals surface area contributed by atoms with E-state index in [-0.39, 0.29) is 16.0 Å². The Morgan fingerprint density at radius 2 is 1.78 bits per heavy atom. The molecule has 0 radical (unpaired) electrons. The molecule has 1 fully saturated rings. The Hall–Kier alpha value is -1.27. The molecule has 0 N–H and O–H groups in total. The molecule has 7 nitrogen and oxygen atoms in total. The van der Waals surface area contributed by atoms with E-state index in [1.165, 1.54) is 21.7 Å². The lowest BCUT2D eigenvalue weighted by atomic mass is 9.96.